The molecule has 0 aliphatic carbocycles. The van der Waals surface area contributed by atoms with Gasteiger partial charge in [0, 0.05) is 19.3 Å². The molecule has 0 saturated heterocycles. The Kier molecular flexibility index (Phi) is 46.6. The van der Waals surface area contributed by atoms with E-state index < -0.39 is 6.10 Å². The smallest absolute Gasteiger partial charge is 0.306 e. The Bertz CT molecular complexity index is 935. The quantitative estimate of drug-likeness (QED) is 0.0344. The van der Waals surface area contributed by atoms with Crippen molar-refractivity contribution in [2.75, 3.05) is 13.2 Å². The fourth-order valence-corrected chi connectivity index (χ4v) is 8.28. The number of hydrogen-bond acceptors (Lipinski definition) is 6. The van der Waals surface area contributed by atoms with Gasteiger partial charge in [0.25, 0.3) is 0 Å². The average molecular weight is 863 g/mol. The molecule has 0 aliphatic heterocycles. The van der Waals surface area contributed by atoms with E-state index in [1.54, 1.807) is 0 Å². The highest BCUT2D eigenvalue weighted by Gasteiger charge is 2.19. The van der Waals surface area contributed by atoms with Crippen molar-refractivity contribution in [3.8, 4) is 0 Å². The topological polar surface area (TPSA) is 78.9 Å². The van der Waals surface area contributed by atoms with Crippen LogP contribution in [-0.2, 0) is 28.6 Å². The highest BCUT2D eigenvalue weighted by Crippen LogP contribution is 2.18. The van der Waals surface area contributed by atoms with Gasteiger partial charge in [-0.05, 0) is 31.1 Å². The normalized spacial score (nSPS) is 12.9. The average Bonchev–Trinajstić information content (AvgIpc) is 3.26. The third-order valence-electron chi connectivity index (χ3n) is 13.2. The van der Waals surface area contributed by atoms with Crippen LogP contribution in [0.25, 0.3) is 0 Å². The predicted octanol–water partition coefficient (Wildman–Crippen LogP) is 17.7. The Balaban J connectivity index is 4.17. The van der Waals surface area contributed by atoms with Gasteiger partial charge in [0.15, 0.2) is 6.10 Å². The van der Waals surface area contributed by atoms with Gasteiger partial charge in [-0.2, -0.15) is 0 Å². The van der Waals surface area contributed by atoms with Crippen LogP contribution in [0.15, 0.2) is 0 Å². The molecule has 6 heteroatoms. The number of carbonyl (C=O) groups is 3. The molecule has 0 N–H and O–H groups in total. The van der Waals surface area contributed by atoms with Crippen LogP contribution in [0.3, 0.4) is 0 Å². The van der Waals surface area contributed by atoms with E-state index in [-0.39, 0.29) is 31.1 Å². The summed E-state index contributed by atoms with van der Waals surface area (Å²) in [5, 5.41) is 0. The molecular weight excluding hydrogens is 757 g/mol. The van der Waals surface area contributed by atoms with Crippen LogP contribution in [0.2, 0.25) is 0 Å². The molecule has 6 nitrogen and oxygen atoms in total. The van der Waals surface area contributed by atoms with Crippen molar-refractivity contribution in [1.82, 2.24) is 0 Å². The van der Waals surface area contributed by atoms with Gasteiger partial charge in [-0.1, -0.05) is 266 Å². The van der Waals surface area contributed by atoms with Crippen molar-refractivity contribution in [2.24, 2.45) is 11.8 Å². The molecule has 0 radical (unpaired) electrons. The van der Waals surface area contributed by atoms with Gasteiger partial charge in [-0.15, -0.1) is 0 Å². The van der Waals surface area contributed by atoms with Crippen molar-refractivity contribution in [1.29, 1.82) is 0 Å². The molecule has 2 unspecified atom stereocenters. The molecular formula is C55H106O6. The zero-order chi connectivity index (χ0) is 44.7. The molecule has 0 bridgehead atoms. The van der Waals surface area contributed by atoms with E-state index >= 15 is 0 Å². The molecule has 0 aromatic carbocycles. The van der Waals surface area contributed by atoms with Crippen molar-refractivity contribution in [2.45, 2.75) is 310 Å². The minimum absolute atomic E-state index is 0.0640. The summed E-state index contributed by atoms with van der Waals surface area (Å²) in [5.41, 5.74) is 0. The van der Waals surface area contributed by atoms with Gasteiger partial charge in [0.05, 0.1) is 0 Å². The number of rotatable bonds is 49. The fourth-order valence-electron chi connectivity index (χ4n) is 8.28. The zero-order valence-corrected chi connectivity index (χ0v) is 41.8. The third-order valence-corrected chi connectivity index (χ3v) is 13.2. The summed E-state index contributed by atoms with van der Waals surface area (Å²) in [5.74, 6) is 0.875. The largest absolute Gasteiger partial charge is 0.462 e. The maximum Gasteiger partial charge on any atom is 0.306 e. The first kappa shape index (κ1) is 59.4. The van der Waals surface area contributed by atoms with Crippen LogP contribution < -0.4 is 0 Å². The maximum absolute atomic E-state index is 12.8. The van der Waals surface area contributed by atoms with Gasteiger partial charge in [0.1, 0.15) is 13.2 Å². The van der Waals surface area contributed by atoms with Crippen LogP contribution in [0.1, 0.15) is 304 Å². The molecule has 0 amide bonds. The number of hydrogen-bond donors (Lipinski definition) is 0. The lowest BCUT2D eigenvalue weighted by molar-refractivity contribution is -0.167. The number of carbonyl (C=O) groups excluding carboxylic acids is 3. The monoisotopic (exact) mass is 863 g/mol. The van der Waals surface area contributed by atoms with Crippen LogP contribution >= 0.6 is 0 Å². The molecule has 61 heavy (non-hydrogen) atoms. The Morgan fingerprint density at radius 3 is 0.852 bits per heavy atom. The summed E-state index contributed by atoms with van der Waals surface area (Å²) in [6.07, 6.45) is 49.5. The Morgan fingerprint density at radius 2 is 0.574 bits per heavy atom. The van der Waals surface area contributed by atoms with E-state index in [1.165, 1.54) is 193 Å². The second kappa shape index (κ2) is 47.9. The van der Waals surface area contributed by atoms with Crippen LogP contribution in [0.5, 0.6) is 0 Å². The highest BCUT2D eigenvalue weighted by atomic mass is 16.6. The van der Waals surface area contributed by atoms with Crippen LogP contribution in [-0.4, -0.2) is 37.2 Å². The second-order valence-corrected chi connectivity index (χ2v) is 19.4. The molecule has 0 aromatic rings. The summed E-state index contributed by atoms with van der Waals surface area (Å²) in [6.45, 7) is 11.4. The van der Waals surface area contributed by atoms with Gasteiger partial charge in [0.2, 0.25) is 0 Å². The van der Waals surface area contributed by atoms with Crippen molar-refractivity contribution >= 4 is 17.9 Å². The summed E-state index contributed by atoms with van der Waals surface area (Å²) in [6, 6.07) is 0. The molecule has 0 heterocycles. The summed E-state index contributed by atoms with van der Waals surface area (Å²) in [7, 11) is 0. The van der Waals surface area contributed by atoms with Gasteiger partial charge < -0.3 is 14.2 Å². The summed E-state index contributed by atoms with van der Waals surface area (Å²) >= 11 is 0. The lowest BCUT2D eigenvalue weighted by Gasteiger charge is -2.18. The minimum atomic E-state index is -0.762. The van der Waals surface area contributed by atoms with Gasteiger partial charge in [-0.25, -0.2) is 0 Å². The standard InChI is InChI=1S/C55H106O6/c1-6-9-10-11-12-13-22-27-30-37-42-47-55(58)61-52(49-60-54(57)46-41-36-32-31-34-39-44-51(5)8-3)48-59-53(56)45-40-35-29-26-24-21-19-17-15-14-16-18-20-23-25-28-33-38-43-50(4)7-2/h50-52H,6-49H2,1-5H3/t50?,51?,52-/m0/s1. The molecule has 0 saturated carbocycles. The molecule has 0 aromatic heterocycles. The van der Waals surface area contributed by atoms with Crippen molar-refractivity contribution in [3.63, 3.8) is 0 Å². The van der Waals surface area contributed by atoms with E-state index in [9.17, 15) is 14.4 Å². The van der Waals surface area contributed by atoms with E-state index in [0.29, 0.717) is 19.3 Å². The fraction of sp³-hybridized carbons (Fsp3) is 0.945. The summed E-state index contributed by atoms with van der Waals surface area (Å²) in [4.78, 5) is 37.9. The molecule has 3 atom stereocenters. The van der Waals surface area contributed by atoms with Crippen LogP contribution in [0, 0.1) is 11.8 Å². The number of esters is 3. The predicted molar refractivity (Wildman–Crippen MR) is 261 cm³/mol. The Hall–Kier alpha value is -1.59. The first-order chi connectivity index (χ1) is 29.8. The number of unbranched alkanes of at least 4 members (excludes halogenated alkanes) is 32. The zero-order valence-electron chi connectivity index (χ0n) is 41.8. The lowest BCUT2D eigenvalue weighted by atomic mass is 9.99. The first-order valence-corrected chi connectivity index (χ1v) is 27.3. The van der Waals surface area contributed by atoms with E-state index in [2.05, 4.69) is 34.6 Å². The SMILES string of the molecule is CCCCCCCCCCCCCC(=O)O[C@@H](COC(=O)CCCCCCCCCCCCCCCCCCCCC(C)CC)COC(=O)CCCCCCCCC(C)CC. The molecule has 0 fully saturated rings. The molecule has 362 valence electrons. The van der Waals surface area contributed by atoms with Gasteiger partial charge >= 0.3 is 17.9 Å². The first-order valence-electron chi connectivity index (χ1n) is 27.3. The maximum atomic E-state index is 12.8. The van der Waals surface area contributed by atoms with E-state index in [0.717, 1.165) is 69.6 Å². The highest BCUT2D eigenvalue weighted by molar-refractivity contribution is 5.71. The molecule has 0 spiro atoms. The Morgan fingerprint density at radius 1 is 0.328 bits per heavy atom. The number of ether oxygens (including phenoxy) is 3. The van der Waals surface area contributed by atoms with E-state index in [1.807, 2.05) is 0 Å². The third kappa shape index (κ3) is 46.2. The van der Waals surface area contributed by atoms with E-state index in [4.69, 9.17) is 14.2 Å². The van der Waals surface area contributed by atoms with Crippen molar-refractivity contribution in [3.05, 3.63) is 0 Å². The molecule has 0 aliphatic rings. The minimum Gasteiger partial charge on any atom is -0.462 e. The summed E-state index contributed by atoms with van der Waals surface area (Å²) < 4.78 is 16.8. The van der Waals surface area contributed by atoms with Gasteiger partial charge in [-0.3, -0.25) is 14.4 Å². The lowest BCUT2D eigenvalue weighted by Crippen LogP contribution is -2.30. The molecule has 0 rings (SSSR count). The Labute approximate surface area is 380 Å². The van der Waals surface area contributed by atoms with Crippen molar-refractivity contribution < 1.29 is 28.6 Å². The second-order valence-electron chi connectivity index (χ2n) is 19.4. The van der Waals surface area contributed by atoms with Crippen LogP contribution in [0.4, 0.5) is 0 Å².